The zero-order chi connectivity index (χ0) is 12.7. The SMILES string of the molecule is CCOCCOc1ccc(OC)cc1C(=O)O. The van der Waals surface area contributed by atoms with Crippen molar-refractivity contribution in [1.82, 2.24) is 0 Å². The van der Waals surface area contributed by atoms with Crippen LogP contribution in [-0.2, 0) is 4.74 Å². The van der Waals surface area contributed by atoms with Gasteiger partial charge in [-0.25, -0.2) is 4.79 Å². The van der Waals surface area contributed by atoms with Gasteiger partial charge in [0.25, 0.3) is 0 Å². The molecule has 0 saturated carbocycles. The lowest BCUT2D eigenvalue weighted by atomic mass is 10.2. The van der Waals surface area contributed by atoms with Crippen LogP contribution in [0.4, 0.5) is 0 Å². The number of carbonyl (C=O) groups is 1. The Kier molecular flexibility index (Phi) is 5.29. The van der Waals surface area contributed by atoms with E-state index >= 15 is 0 Å². The first-order valence-electron chi connectivity index (χ1n) is 5.31. The first kappa shape index (κ1) is 13.3. The van der Waals surface area contributed by atoms with Crippen molar-refractivity contribution in [1.29, 1.82) is 0 Å². The van der Waals surface area contributed by atoms with Gasteiger partial charge in [0.2, 0.25) is 0 Å². The lowest BCUT2D eigenvalue weighted by Crippen LogP contribution is -2.09. The molecule has 17 heavy (non-hydrogen) atoms. The number of hydrogen-bond donors (Lipinski definition) is 1. The third-order valence-electron chi connectivity index (χ3n) is 2.11. The fourth-order valence-corrected chi connectivity index (χ4v) is 1.28. The molecule has 0 radical (unpaired) electrons. The van der Waals surface area contributed by atoms with Gasteiger partial charge in [-0.05, 0) is 25.1 Å². The van der Waals surface area contributed by atoms with Crippen LogP contribution in [-0.4, -0.2) is 38.0 Å². The Morgan fingerprint density at radius 2 is 2.12 bits per heavy atom. The number of carboxylic acids is 1. The van der Waals surface area contributed by atoms with Crippen molar-refractivity contribution in [3.05, 3.63) is 23.8 Å². The van der Waals surface area contributed by atoms with Crippen LogP contribution in [0.15, 0.2) is 18.2 Å². The summed E-state index contributed by atoms with van der Waals surface area (Å²) in [4.78, 5) is 11.0. The van der Waals surface area contributed by atoms with E-state index in [2.05, 4.69) is 0 Å². The molecule has 94 valence electrons. The molecule has 0 heterocycles. The molecular weight excluding hydrogens is 224 g/mol. The van der Waals surface area contributed by atoms with Crippen LogP contribution in [0, 0.1) is 0 Å². The van der Waals surface area contributed by atoms with Gasteiger partial charge in [0, 0.05) is 6.61 Å². The third-order valence-corrected chi connectivity index (χ3v) is 2.11. The molecule has 0 atom stereocenters. The molecule has 0 aliphatic heterocycles. The maximum Gasteiger partial charge on any atom is 0.339 e. The molecule has 1 rings (SSSR count). The highest BCUT2D eigenvalue weighted by Gasteiger charge is 2.12. The first-order valence-corrected chi connectivity index (χ1v) is 5.31. The second kappa shape index (κ2) is 6.75. The van der Waals surface area contributed by atoms with Gasteiger partial charge in [-0.15, -0.1) is 0 Å². The number of benzene rings is 1. The van der Waals surface area contributed by atoms with Gasteiger partial charge < -0.3 is 19.3 Å². The predicted octanol–water partition coefficient (Wildman–Crippen LogP) is 1.81. The number of methoxy groups -OCH3 is 1. The molecule has 0 amide bonds. The minimum atomic E-state index is -1.05. The van der Waals surface area contributed by atoms with Crippen LogP contribution in [0.3, 0.4) is 0 Å². The molecule has 0 bridgehead atoms. The van der Waals surface area contributed by atoms with Crippen molar-refractivity contribution in [2.75, 3.05) is 26.9 Å². The molecule has 0 saturated heterocycles. The Balaban J connectivity index is 2.73. The molecule has 0 aliphatic rings. The highest BCUT2D eigenvalue weighted by atomic mass is 16.5. The molecule has 1 N–H and O–H groups in total. The second-order valence-electron chi connectivity index (χ2n) is 3.21. The largest absolute Gasteiger partial charge is 0.497 e. The van der Waals surface area contributed by atoms with E-state index in [-0.39, 0.29) is 5.56 Å². The van der Waals surface area contributed by atoms with Crippen molar-refractivity contribution in [3.8, 4) is 11.5 Å². The first-order chi connectivity index (χ1) is 8.19. The molecular formula is C12H16O5. The quantitative estimate of drug-likeness (QED) is 0.736. The van der Waals surface area contributed by atoms with Gasteiger partial charge >= 0.3 is 5.97 Å². The number of rotatable bonds is 7. The summed E-state index contributed by atoms with van der Waals surface area (Å²) in [5.41, 5.74) is 0.0841. The van der Waals surface area contributed by atoms with Gasteiger partial charge in [0.1, 0.15) is 23.7 Å². The maximum absolute atomic E-state index is 11.0. The molecule has 0 spiro atoms. The fourth-order valence-electron chi connectivity index (χ4n) is 1.28. The van der Waals surface area contributed by atoms with E-state index in [4.69, 9.17) is 19.3 Å². The van der Waals surface area contributed by atoms with Gasteiger partial charge in [-0.2, -0.15) is 0 Å². The molecule has 5 heteroatoms. The van der Waals surface area contributed by atoms with Crippen molar-refractivity contribution in [2.24, 2.45) is 0 Å². The molecule has 0 aliphatic carbocycles. The van der Waals surface area contributed by atoms with Gasteiger partial charge in [-0.1, -0.05) is 0 Å². The Morgan fingerprint density at radius 3 is 2.71 bits per heavy atom. The van der Waals surface area contributed by atoms with Crippen LogP contribution in [0.25, 0.3) is 0 Å². The lowest BCUT2D eigenvalue weighted by molar-refractivity contribution is 0.0686. The highest BCUT2D eigenvalue weighted by molar-refractivity contribution is 5.91. The second-order valence-corrected chi connectivity index (χ2v) is 3.21. The predicted molar refractivity (Wildman–Crippen MR) is 61.9 cm³/mol. The van der Waals surface area contributed by atoms with Crippen molar-refractivity contribution < 1.29 is 24.1 Å². The molecule has 0 fully saturated rings. The number of ether oxygens (including phenoxy) is 3. The summed E-state index contributed by atoms with van der Waals surface area (Å²) in [6, 6.07) is 4.66. The average molecular weight is 240 g/mol. The minimum absolute atomic E-state index is 0.0841. The van der Waals surface area contributed by atoms with Gasteiger partial charge in [0.15, 0.2) is 0 Å². The van der Waals surface area contributed by atoms with E-state index in [1.807, 2.05) is 6.92 Å². The van der Waals surface area contributed by atoms with E-state index in [1.54, 1.807) is 12.1 Å². The van der Waals surface area contributed by atoms with Crippen molar-refractivity contribution in [3.63, 3.8) is 0 Å². The highest BCUT2D eigenvalue weighted by Crippen LogP contribution is 2.24. The Bertz CT molecular complexity index is 375. The van der Waals surface area contributed by atoms with Crippen LogP contribution < -0.4 is 9.47 Å². The fraction of sp³-hybridized carbons (Fsp3) is 0.417. The maximum atomic E-state index is 11.0. The summed E-state index contributed by atoms with van der Waals surface area (Å²) in [5, 5.41) is 9.02. The van der Waals surface area contributed by atoms with Crippen molar-refractivity contribution in [2.45, 2.75) is 6.92 Å². The Hall–Kier alpha value is -1.75. The van der Waals surface area contributed by atoms with Crippen LogP contribution in [0.5, 0.6) is 11.5 Å². The summed E-state index contributed by atoms with van der Waals surface area (Å²) in [5.74, 6) is -0.243. The molecule has 5 nitrogen and oxygen atoms in total. The molecule has 1 aromatic carbocycles. The Morgan fingerprint density at radius 1 is 1.35 bits per heavy atom. The summed E-state index contributed by atoms with van der Waals surface area (Å²) in [6.07, 6.45) is 0. The van der Waals surface area contributed by atoms with Gasteiger partial charge in [0.05, 0.1) is 13.7 Å². The van der Waals surface area contributed by atoms with Crippen LogP contribution >= 0.6 is 0 Å². The van der Waals surface area contributed by atoms with E-state index in [9.17, 15) is 4.79 Å². The molecule has 1 aromatic rings. The summed E-state index contributed by atoms with van der Waals surface area (Å²) in [7, 11) is 1.48. The Labute approximate surface area is 99.9 Å². The van der Waals surface area contributed by atoms with E-state index < -0.39 is 5.97 Å². The topological polar surface area (TPSA) is 65.0 Å². The van der Waals surface area contributed by atoms with Gasteiger partial charge in [-0.3, -0.25) is 0 Å². The normalized spacial score (nSPS) is 10.0. The van der Waals surface area contributed by atoms with Crippen molar-refractivity contribution >= 4 is 5.97 Å². The van der Waals surface area contributed by atoms with Crippen LogP contribution in [0.2, 0.25) is 0 Å². The summed E-state index contributed by atoms with van der Waals surface area (Å²) >= 11 is 0. The van der Waals surface area contributed by atoms with E-state index in [0.717, 1.165) is 0 Å². The van der Waals surface area contributed by atoms with E-state index in [1.165, 1.54) is 13.2 Å². The zero-order valence-electron chi connectivity index (χ0n) is 9.93. The zero-order valence-corrected chi connectivity index (χ0v) is 9.93. The summed E-state index contributed by atoms with van der Waals surface area (Å²) < 4.78 is 15.4. The lowest BCUT2D eigenvalue weighted by Gasteiger charge is -2.10. The standard InChI is InChI=1S/C12H16O5/c1-3-16-6-7-17-11-5-4-9(15-2)8-10(11)12(13)14/h4-5,8H,3,6-7H2,1-2H3,(H,13,14). The third kappa shape index (κ3) is 3.96. The minimum Gasteiger partial charge on any atom is -0.497 e. The molecule has 0 aromatic heterocycles. The average Bonchev–Trinajstić information content (AvgIpc) is 2.34. The monoisotopic (exact) mass is 240 g/mol. The number of hydrogen-bond acceptors (Lipinski definition) is 4. The van der Waals surface area contributed by atoms with Crippen LogP contribution in [0.1, 0.15) is 17.3 Å². The molecule has 0 unspecified atom stereocenters. The van der Waals surface area contributed by atoms with E-state index in [0.29, 0.717) is 31.3 Å². The smallest absolute Gasteiger partial charge is 0.339 e. The number of carboxylic acid groups (broad SMARTS) is 1. The number of aromatic carboxylic acids is 1. The summed E-state index contributed by atoms with van der Waals surface area (Å²) in [6.45, 7) is 3.25.